The van der Waals surface area contributed by atoms with E-state index in [-0.39, 0.29) is 34.5 Å². The second kappa shape index (κ2) is 7.11. The van der Waals surface area contributed by atoms with Gasteiger partial charge in [-0.25, -0.2) is 17.1 Å². The van der Waals surface area contributed by atoms with Crippen molar-refractivity contribution in [3.63, 3.8) is 0 Å². The van der Waals surface area contributed by atoms with Crippen LogP contribution in [0.5, 0.6) is 0 Å². The first-order valence-electron chi connectivity index (χ1n) is 9.21. The fourth-order valence-electron chi connectivity index (χ4n) is 3.24. The SMILES string of the molecule is CC1=C(c2ccc(F)cc2)S(=O)(=O)N(Cc2ccc(C(=O)NC3CC3)cc2)C1=O. The summed E-state index contributed by atoms with van der Waals surface area (Å²) in [4.78, 5) is 24.6. The Morgan fingerprint density at radius 2 is 1.72 bits per heavy atom. The summed E-state index contributed by atoms with van der Waals surface area (Å²) in [6.07, 6.45) is 1.98. The van der Waals surface area contributed by atoms with E-state index in [1.54, 1.807) is 24.3 Å². The number of rotatable bonds is 5. The Labute approximate surface area is 168 Å². The molecule has 1 heterocycles. The molecule has 1 saturated carbocycles. The maximum atomic E-state index is 13.2. The molecule has 0 bridgehead atoms. The second-order valence-corrected chi connectivity index (χ2v) is 9.02. The summed E-state index contributed by atoms with van der Waals surface area (Å²) in [6.45, 7) is 1.30. The molecule has 2 aromatic carbocycles. The Morgan fingerprint density at radius 1 is 1.10 bits per heavy atom. The zero-order valence-electron chi connectivity index (χ0n) is 15.7. The predicted octanol–water partition coefficient (Wildman–Crippen LogP) is 2.82. The molecule has 6 nitrogen and oxygen atoms in total. The first kappa shape index (κ1) is 19.3. The summed E-state index contributed by atoms with van der Waals surface area (Å²) in [5.41, 5.74) is 1.43. The number of carbonyl (C=O) groups is 2. The number of hydrogen-bond donors (Lipinski definition) is 1. The van der Waals surface area contributed by atoms with Crippen molar-refractivity contribution in [2.75, 3.05) is 0 Å². The summed E-state index contributed by atoms with van der Waals surface area (Å²) in [5, 5.41) is 2.88. The number of sulfonamides is 1. The van der Waals surface area contributed by atoms with Crippen LogP contribution in [0.2, 0.25) is 0 Å². The Hall–Kier alpha value is -3.00. The first-order chi connectivity index (χ1) is 13.8. The minimum Gasteiger partial charge on any atom is -0.349 e. The van der Waals surface area contributed by atoms with Crippen molar-refractivity contribution >= 4 is 26.7 Å². The molecule has 1 N–H and O–H groups in total. The lowest BCUT2D eigenvalue weighted by Gasteiger charge is -2.17. The highest BCUT2D eigenvalue weighted by molar-refractivity contribution is 7.99. The molecule has 0 aromatic heterocycles. The van der Waals surface area contributed by atoms with Gasteiger partial charge in [0.2, 0.25) is 0 Å². The maximum Gasteiger partial charge on any atom is 0.268 e. The molecule has 2 amide bonds. The van der Waals surface area contributed by atoms with Gasteiger partial charge in [-0.2, -0.15) is 0 Å². The molecule has 0 atom stereocenters. The minimum absolute atomic E-state index is 0.0945. The molecular formula is C21H19FN2O4S. The number of benzene rings is 2. The van der Waals surface area contributed by atoms with Gasteiger partial charge >= 0.3 is 0 Å². The molecular weight excluding hydrogens is 395 g/mol. The van der Waals surface area contributed by atoms with E-state index in [0.29, 0.717) is 11.1 Å². The molecule has 8 heteroatoms. The van der Waals surface area contributed by atoms with E-state index in [9.17, 15) is 22.4 Å². The van der Waals surface area contributed by atoms with Gasteiger partial charge in [0, 0.05) is 17.2 Å². The topological polar surface area (TPSA) is 83.6 Å². The van der Waals surface area contributed by atoms with Crippen LogP contribution in [0, 0.1) is 5.82 Å². The van der Waals surface area contributed by atoms with Crippen LogP contribution >= 0.6 is 0 Å². The van der Waals surface area contributed by atoms with Gasteiger partial charge in [0.25, 0.3) is 21.8 Å². The molecule has 1 aliphatic carbocycles. The standard InChI is InChI=1S/C21H19FN2O4S/c1-13-19(15-6-8-17(22)9-7-15)29(27,28)24(21(13)26)12-14-2-4-16(5-3-14)20(25)23-18-10-11-18/h2-9,18H,10-12H2,1H3,(H,23,25). The second-order valence-electron chi connectivity index (χ2n) is 7.22. The first-order valence-corrected chi connectivity index (χ1v) is 10.6. The van der Waals surface area contributed by atoms with Crippen LogP contribution in [0.4, 0.5) is 4.39 Å². The minimum atomic E-state index is -4.06. The Morgan fingerprint density at radius 3 is 2.31 bits per heavy atom. The summed E-state index contributed by atoms with van der Waals surface area (Å²) < 4.78 is 40.0. The van der Waals surface area contributed by atoms with E-state index in [1.165, 1.54) is 19.1 Å². The Bertz CT molecular complexity index is 1120. The zero-order valence-corrected chi connectivity index (χ0v) is 16.5. The number of halogens is 1. The van der Waals surface area contributed by atoms with Gasteiger partial charge in [-0.3, -0.25) is 9.59 Å². The van der Waals surface area contributed by atoms with E-state index in [0.717, 1.165) is 29.3 Å². The largest absolute Gasteiger partial charge is 0.349 e. The zero-order chi connectivity index (χ0) is 20.8. The molecule has 1 fully saturated rings. The van der Waals surface area contributed by atoms with Gasteiger partial charge in [0.15, 0.2) is 0 Å². The highest BCUT2D eigenvalue weighted by Gasteiger charge is 2.42. The van der Waals surface area contributed by atoms with Crippen molar-refractivity contribution in [3.8, 4) is 0 Å². The van der Waals surface area contributed by atoms with Crippen LogP contribution in [-0.4, -0.2) is 30.6 Å². The summed E-state index contributed by atoms with van der Waals surface area (Å²) in [5.74, 6) is -1.27. The molecule has 0 spiro atoms. The van der Waals surface area contributed by atoms with Crippen molar-refractivity contribution in [2.45, 2.75) is 32.4 Å². The van der Waals surface area contributed by atoms with Crippen molar-refractivity contribution in [2.24, 2.45) is 0 Å². The predicted molar refractivity (Wildman–Crippen MR) is 105 cm³/mol. The number of nitrogens with zero attached hydrogens (tertiary/aromatic N) is 1. The van der Waals surface area contributed by atoms with Crippen LogP contribution in [0.25, 0.3) is 4.91 Å². The third-order valence-electron chi connectivity index (χ3n) is 5.00. The highest BCUT2D eigenvalue weighted by atomic mass is 32.2. The molecule has 29 heavy (non-hydrogen) atoms. The van der Waals surface area contributed by atoms with E-state index >= 15 is 0 Å². The number of carbonyl (C=O) groups excluding carboxylic acids is 2. The van der Waals surface area contributed by atoms with Crippen LogP contribution in [0.1, 0.15) is 41.3 Å². The smallest absolute Gasteiger partial charge is 0.268 e. The molecule has 150 valence electrons. The lowest BCUT2D eigenvalue weighted by Crippen LogP contribution is -2.31. The average molecular weight is 414 g/mol. The summed E-state index contributed by atoms with van der Waals surface area (Å²) >= 11 is 0. The van der Waals surface area contributed by atoms with Crippen LogP contribution < -0.4 is 5.32 Å². The molecule has 0 radical (unpaired) electrons. The normalized spacial score (nSPS) is 18.3. The molecule has 0 saturated heterocycles. The van der Waals surface area contributed by atoms with Gasteiger partial charge in [-0.05, 0) is 55.2 Å². The Balaban J connectivity index is 1.55. The fourth-order valence-corrected chi connectivity index (χ4v) is 5.05. The fraction of sp³-hybridized carbons (Fsp3) is 0.238. The van der Waals surface area contributed by atoms with E-state index < -0.39 is 21.7 Å². The summed E-state index contributed by atoms with van der Waals surface area (Å²) in [6, 6.07) is 11.7. The third-order valence-corrected chi connectivity index (χ3v) is 6.93. The number of hydrogen-bond acceptors (Lipinski definition) is 4. The lowest BCUT2D eigenvalue weighted by molar-refractivity contribution is -0.122. The molecule has 1 aliphatic heterocycles. The van der Waals surface area contributed by atoms with Crippen molar-refractivity contribution in [1.82, 2.24) is 9.62 Å². The van der Waals surface area contributed by atoms with Gasteiger partial charge in [0.05, 0.1) is 6.54 Å². The quantitative estimate of drug-likeness (QED) is 0.816. The van der Waals surface area contributed by atoms with Crippen molar-refractivity contribution in [3.05, 3.63) is 76.6 Å². The molecule has 0 unspecified atom stereocenters. The molecule has 2 aliphatic rings. The van der Waals surface area contributed by atoms with Crippen LogP contribution in [-0.2, 0) is 21.4 Å². The molecule has 2 aromatic rings. The molecule has 4 rings (SSSR count). The van der Waals surface area contributed by atoms with Gasteiger partial charge in [0.1, 0.15) is 10.7 Å². The van der Waals surface area contributed by atoms with Crippen molar-refractivity contribution < 1.29 is 22.4 Å². The maximum absolute atomic E-state index is 13.2. The number of nitrogens with one attached hydrogen (secondary N) is 1. The van der Waals surface area contributed by atoms with Crippen molar-refractivity contribution in [1.29, 1.82) is 0 Å². The van der Waals surface area contributed by atoms with Gasteiger partial charge in [-0.15, -0.1) is 0 Å². The highest BCUT2D eigenvalue weighted by Crippen LogP contribution is 2.36. The Kier molecular flexibility index (Phi) is 4.74. The average Bonchev–Trinajstić information content (AvgIpc) is 3.48. The van der Waals surface area contributed by atoms with Crippen LogP contribution in [0.15, 0.2) is 54.1 Å². The van der Waals surface area contributed by atoms with Gasteiger partial charge in [-0.1, -0.05) is 24.3 Å². The third kappa shape index (κ3) is 3.67. The van der Waals surface area contributed by atoms with Gasteiger partial charge < -0.3 is 5.32 Å². The summed E-state index contributed by atoms with van der Waals surface area (Å²) in [7, 11) is -4.06. The van der Waals surface area contributed by atoms with E-state index in [1.807, 2.05) is 0 Å². The number of amides is 2. The lowest BCUT2D eigenvalue weighted by atomic mass is 10.1. The monoisotopic (exact) mass is 414 g/mol. The van der Waals surface area contributed by atoms with Crippen LogP contribution in [0.3, 0.4) is 0 Å². The van der Waals surface area contributed by atoms with E-state index in [4.69, 9.17) is 0 Å². The van der Waals surface area contributed by atoms with E-state index in [2.05, 4.69) is 5.32 Å².